The van der Waals surface area contributed by atoms with E-state index >= 15 is 0 Å². The number of aryl methyl sites for hydroxylation is 1. The van der Waals surface area contributed by atoms with Crippen LogP contribution < -0.4 is 10.5 Å². The van der Waals surface area contributed by atoms with E-state index in [1.54, 1.807) is 7.11 Å². The lowest BCUT2D eigenvalue weighted by Gasteiger charge is -2.33. The Balaban J connectivity index is 1.38. The van der Waals surface area contributed by atoms with Gasteiger partial charge in [-0.2, -0.15) is 0 Å². The minimum Gasteiger partial charge on any atom is -0.385 e. The van der Waals surface area contributed by atoms with E-state index in [0.29, 0.717) is 19.7 Å². The van der Waals surface area contributed by atoms with Crippen LogP contribution in [-0.4, -0.2) is 68.2 Å². The summed E-state index contributed by atoms with van der Waals surface area (Å²) in [5.41, 5.74) is 8.19. The Morgan fingerprint density at radius 1 is 1.24 bits per heavy atom. The standard InChI is InChI=1S/C26H33Cl2N5O4S/c1-37-13-5-12-33-24-8-3-2-7-23(24)31-26(33)18-6-4-11-32(17-18)25(34)14-19(29)16-30-38(35,36)20-9-10-21(27)22(28)15-20/h2-3,7-10,15,18-19,30H,4-6,11-14,16-17,29H2,1H3/t18-,19-/m1/s1. The number of imidazole rings is 1. The molecule has 1 fully saturated rings. The third-order valence-electron chi connectivity index (χ3n) is 6.73. The maximum absolute atomic E-state index is 13.1. The summed E-state index contributed by atoms with van der Waals surface area (Å²) in [4.78, 5) is 19.9. The molecule has 0 aliphatic carbocycles. The van der Waals surface area contributed by atoms with E-state index in [1.807, 2.05) is 23.1 Å². The van der Waals surface area contributed by atoms with Crippen molar-refractivity contribution in [3.63, 3.8) is 0 Å². The van der Waals surface area contributed by atoms with Crippen molar-refractivity contribution < 1.29 is 17.9 Å². The summed E-state index contributed by atoms with van der Waals surface area (Å²) in [6.45, 7) is 2.56. The van der Waals surface area contributed by atoms with E-state index in [0.717, 1.165) is 42.7 Å². The third kappa shape index (κ3) is 6.86. The Kier molecular flexibility index (Phi) is 9.67. The summed E-state index contributed by atoms with van der Waals surface area (Å²) in [6.07, 6.45) is 2.69. The molecule has 2 aromatic carbocycles. The largest absolute Gasteiger partial charge is 0.385 e. The topological polar surface area (TPSA) is 120 Å². The summed E-state index contributed by atoms with van der Waals surface area (Å²) in [6, 6.07) is 11.4. The number of para-hydroxylation sites is 2. The highest BCUT2D eigenvalue weighted by atomic mass is 35.5. The Labute approximate surface area is 233 Å². The smallest absolute Gasteiger partial charge is 0.240 e. The summed E-state index contributed by atoms with van der Waals surface area (Å²) < 4.78 is 35.2. The number of benzene rings is 2. The molecule has 0 spiro atoms. The summed E-state index contributed by atoms with van der Waals surface area (Å²) in [5.74, 6) is 0.989. The molecule has 1 aliphatic rings. The van der Waals surface area contributed by atoms with Crippen LogP contribution in [0.2, 0.25) is 10.0 Å². The molecule has 0 bridgehead atoms. The number of methoxy groups -OCH3 is 1. The third-order valence-corrected chi connectivity index (χ3v) is 8.89. The zero-order valence-electron chi connectivity index (χ0n) is 21.3. The second-order valence-electron chi connectivity index (χ2n) is 9.53. The van der Waals surface area contributed by atoms with Gasteiger partial charge in [-0.05, 0) is 49.6 Å². The van der Waals surface area contributed by atoms with Gasteiger partial charge >= 0.3 is 0 Å². The van der Waals surface area contributed by atoms with E-state index in [1.165, 1.54) is 18.2 Å². The Bertz CT molecular complexity index is 1380. The number of nitrogens with two attached hydrogens (primary N) is 1. The second-order valence-corrected chi connectivity index (χ2v) is 12.1. The van der Waals surface area contributed by atoms with Gasteiger partial charge in [-0.3, -0.25) is 4.79 Å². The van der Waals surface area contributed by atoms with E-state index < -0.39 is 16.1 Å². The number of halogens is 2. The number of nitrogens with zero attached hydrogens (tertiary/aromatic N) is 3. The first-order chi connectivity index (χ1) is 18.2. The molecule has 0 unspecified atom stereocenters. The predicted octanol–water partition coefficient (Wildman–Crippen LogP) is 3.78. The number of carbonyl (C=O) groups is 1. The molecule has 1 aliphatic heterocycles. The molecule has 3 N–H and O–H groups in total. The number of hydrogen-bond acceptors (Lipinski definition) is 6. The Hall–Kier alpha value is -2.21. The van der Waals surface area contributed by atoms with Crippen LogP contribution in [0, 0.1) is 0 Å². The van der Waals surface area contributed by atoms with E-state index in [2.05, 4.69) is 15.4 Å². The summed E-state index contributed by atoms with van der Waals surface area (Å²) >= 11 is 11.8. The molecular formula is C26H33Cl2N5O4S. The number of hydrogen-bond donors (Lipinski definition) is 2. The fourth-order valence-electron chi connectivity index (χ4n) is 4.79. The van der Waals surface area contributed by atoms with Gasteiger partial charge < -0.3 is 19.9 Å². The van der Waals surface area contributed by atoms with Gasteiger partial charge in [-0.1, -0.05) is 35.3 Å². The van der Waals surface area contributed by atoms with E-state index in [9.17, 15) is 13.2 Å². The van der Waals surface area contributed by atoms with Gasteiger partial charge in [-0.25, -0.2) is 18.1 Å². The Morgan fingerprint density at radius 2 is 2.03 bits per heavy atom. The average molecular weight is 583 g/mol. The van der Waals surface area contributed by atoms with Gasteiger partial charge in [0.2, 0.25) is 15.9 Å². The zero-order valence-corrected chi connectivity index (χ0v) is 23.6. The fraction of sp³-hybridized carbons (Fsp3) is 0.462. The number of piperidine rings is 1. The van der Waals surface area contributed by atoms with Crippen molar-refractivity contribution in [3.8, 4) is 0 Å². The first-order valence-electron chi connectivity index (χ1n) is 12.6. The second kappa shape index (κ2) is 12.8. The van der Waals surface area contributed by atoms with Crippen LogP contribution >= 0.6 is 23.2 Å². The predicted molar refractivity (Wildman–Crippen MR) is 149 cm³/mol. The molecule has 2 heterocycles. The molecule has 9 nitrogen and oxygen atoms in total. The molecular weight excluding hydrogens is 549 g/mol. The van der Waals surface area contributed by atoms with Crippen molar-refractivity contribution in [1.82, 2.24) is 19.2 Å². The van der Waals surface area contributed by atoms with Gasteiger partial charge in [0.1, 0.15) is 5.82 Å². The molecule has 3 aromatic rings. The van der Waals surface area contributed by atoms with Gasteiger partial charge in [0.25, 0.3) is 0 Å². The SMILES string of the molecule is COCCCn1c([C@@H]2CCCN(C(=O)C[C@@H](N)CNS(=O)(=O)c3ccc(Cl)c(Cl)c3)C2)nc2ccccc21. The number of rotatable bonds is 11. The minimum absolute atomic E-state index is 0.0160. The van der Waals surface area contributed by atoms with Crippen LogP contribution in [0.4, 0.5) is 0 Å². The first-order valence-corrected chi connectivity index (χ1v) is 14.9. The molecule has 1 aromatic heterocycles. The van der Waals surface area contributed by atoms with Gasteiger partial charge in [0.15, 0.2) is 0 Å². The van der Waals surface area contributed by atoms with Crippen molar-refractivity contribution in [1.29, 1.82) is 0 Å². The van der Waals surface area contributed by atoms with Crippen molar-refractivity contribution in [2.45, 2.75) is 49.1 Å². The number of nitrogens with one attached hydrogen (secondary N) is 1. The molecule has 1 amide bonds. The van der Waals surface area contributed by atoms with Crippen molar-refractivity contribution in [2.24, 2.45) is 5.73 Å². The van der Waals surface area contributed by atoms with Gasteiger partial charge in [0, 0.05) is 58.3 Å². The molecule has 206 valence electrons. The van der Waals surface area contributed by atoms with Crippen LogP contribution in [0.5, 0.6) is 0 Å². The highest BCUT2D eigenvalue weighted by molar-refractivity contribution is 7.89. The highest BCUT2D eigenvalue weighted by Gasteiger charge is 2.29. The number of fused-ring (bicyclic) bond motifs is 1. The van der Waals surface area contributed by atoms with Crippen LogP contribution in [0.3, 0.4) is 0 Å². The lowest BCUT2D eigenvalue weighted by atomic mass is 9.96. The Morgan fingerprint density at radius 3 is 2.79 bits per heavy atom. The average Bonchev–Trinajstić information content (AvgIpc) is 3.28. The number of carbonyl (C=O) groups excluding carboxylic acids is 1. The van der Waals surface area contributed by atoms with Crippen LogP contribution in [0.25, 0.3) is 11.0 Å². The summed E-state index contributed by atoms with van der Waals surface area (Å²) in [7, 11) is -2.15. The lowest BCUT2D eigenvalue weighted by molar-refractivity contribution is -0.132. The minimum atomic E-state index is -3.85. The monoisotopic (exact) mass is 581 g/mol. The van der Waals surface area contributed by atoms with Gasteiger partial charge in [0.05, 0.1) is 26.0 Å². The lowest BCUT2D eigenvalue weighted by Crippen LogP contribution is -2.45. The molecule has 38 heavy (non-hydrogen) atoms. The maximum atomic E-state index is 13.1. The van der Waals surface area contributed by atoms with Crippen LogP contribution in [0.1, 0.15) is 37.4 Å². The molecule has 0 saturated carbocycles. The van der Waals surface area contributed by atoms with Crippen LogP contribution in [-0.2, 0) is 26.1 Å². The quantitative estimate of drug-likeness (QED) is 0.332. The number of likely N-dealkylation sites (tertiary alicyclic amines) is 1. The number of sulfonamides is 1. The number of aromatic nitrogens is 2. The molecule has 12 heteroatoms. The number of ether oxygens (including phenoxy) is 1. The van der Waals surface area contributed by atoms with E-state index in [4.69, 9.17) is 38.7 Å². The molecule has 0 radical (unpaired) electrons. The van der Waals surface area contributed by atoms with E-state index in [-0.39, 0.29) is 39.7 Å². The van der Waals surface area contributed by atoms with Crippen molar-refractivity contribution >= 4 is 50.2 Å². The summed E-state index contributed by atoms with van der Waals surface area (Å²) in [5, 5.41) is 0.402. The van der Waals surface area contributed by atoms with Crippen molar-refractivity contribution in [2.75, 3.05) is 33.4 Å². The van der Waals surface area contributed by atoms with Crippen LogP contribution in [0.15, 0.2) is 47.4 Å². The maximum Gasteiger partial charge on any atom is 0.240 e. The number of amides is 1. The fourth-order valence-corrected chi connectivity index (χ4v) is 6.28. The van der Waals surface area contributed by atoms with Crippen molar-refractivity contribution in [3.05, 3.63) is 58.3 Å². The molecule has 2 atom stereocenters. The zero-order chi connectivity index (χ0) is 27.3. The highest BCUT2D eigenvalue weighted by Crippen LogP contribution is 2.30. The molecule has 4 rings (SSSR count). The van der Waals surface area contributed by atoms with Gasteiger partial charge in [-0.15, -0.1) is 0 Å². The molecule has 1 saturated heterocycles. The first kappa shape index (κ1) is 28.8. The normalized spacial score (nSPS) is 17.2.